The van der Waals surface area contributed by atoms with Gasteiger partial charge in [-0.2, -0.15) is 0 Å². The van der Waals surface area contributed by atoms with Crippen molar-refractivity contribution in [3.8, 4) is 0 Å². The summed E-state index contributed by atoms with van der Waals surface area (Å²) in [5.41, 5.74) is 2.06. The van der Waals surface area contributed by atoms with E-state index in [4.69, 9.17) is 0 Å². The van der Waals surface area contributed by atoms with E-state index in [9.17, 15) is 13.2 Å². The number of carbonyl (C=O) groups excluding carboxylic acids is 1. The van der Waals surface area contributed by atoms with E-state index in [0.717, 1.165) is 11.3 Å². The Labute approximate surface area is 136 Å². The van der Waals surface area contributed by atoms with Gasteiger partial charge in [0.25, 0.3) is 5.91 Å². The summed E-state index contributed by atoms with van der Waals surface area (Å²) < 4.78 is 26.3. The van der Waals surface area contributed by atoms with Gasteiger partial charge in [-0.05, 0) is 42.8 Å². The van der Waals surface area contributed by atoms with E-state index in [1.165, 1.54) is 30.3 Å². The summed E-state index contributed by atoms with van der Waals surface area (Å²) in [7, 11) is -3.58. The molecule has 0 saturated heterocycles. The van der Waals surface area contributed by atoms with E-state index < -0.39 is 10.0 Å². The lowest BCUT2D eigenvalue weighted by molar-refractivity contribution is 0.102. The lowest BCUT2D eigenvalue weighted by atomic mass is 10.1. The highest BCUT2D eigenvalue weighted by Crippen LogP contribution is 2.16. The van der Waals surface area contributed by atoms with Crippen LogP contribution in [0.25, 0.3) is 0 Å². The topological polar surface area (TPSA) is 75.3 Å². The summed E-state index contributed by atoms with van der Waals surface area (Å²) in [5.74, 6) is -0.290. The van der Waals surface area contributed by atoms with Gasteiger partial charge in [0.2, 0.25) is 10.0 Å². The number of benzene rings is 2. The van der Waals surface area contributed by atoms with Gasteiger partial charge >= 0.3 is 0 Å². The van der Waals surface area contributed by atoms with Crippen LogP contribution in [0.3, 0.4) is 0 Å². The Kier molecular flexibility index (Phi) is 5.31. The first-order chi connectivity index (χ1) is 10.9. The lowest BCUT2D eigenvalue weighted by Crippen LogP contribution is -2.23. The van der Waals surface area contributed by atoms with E-state index in [-0.39, 0.29) is 17.3 Å². The first-order valence-electron chi connectivity index (χ1n) is 7.01. The van der Waals surface area contributed by atoms with Crippen molar-refractivity contribution in [2.45, 2.75) is 11.8 Å². The SMILES string of the molecule is C=CCNS(=O)(=O)c1ccc(C(=O)Nc2ccccc2C)cc1. The normalized spacial score (nSPS) is 11.0. The fourth-order valence-corrected chi connectivity index (χ4v) is 2.94. The summed E-state index contributed by atoms with van der Waals surface area (Å²) >= 11 is 0. The van der Waals surface area contributed by atoms with Gasteiger partial charge in [-0.3, -0.25) is 4.79 Å². The van der Waals surface area contributed by atoms with Gasteiger partial charge in [-0.25, -0.2) is 13.1 Å². The van der Waals surface area contributed by atoms with Gasteiger partial charge in [0.15, 0.2) is 0 Å². The minimum Gasteiger partial charge on any atom is -0.322 e. The molecule has 6 heteroatoms. The molecule has 0 spiro atoms. The number of para-hydroxylation sites is 1. The summed E-state index contributed by atoms with van der Waals surface area (Å²) in [6.07, 6.45) is 1.46. The number of aryl methyl sites for hydroxylation is 1. The van der Waals surface area contributed by atoms with Crippen molar-refractivity contribution in [3.05, 3.63) is 72.3 Å². The Balaban J connectivity index is 2.15. The van der Waals surface area contributed by atoms with Crippen molar-refractivity contribution in [2.75, 3.05) is 11.9 Å². The van der Waals surface area contributed by atoms with Crippen molar-refractivity contribution in [1.82, 2.24) is 4.72 Å². The van der Waals surface area contributed by atoms with Crippen LogP contribution in [0.4, 0.5) is 5.69 Å². The molecule has 5 nitrogen and oxygen atoms in total. The Morgan fingerprint density at radius 2 is 1.78 bits per heavy atom. The van der Waals surface area contributed by atoms with Crippen LogP contribution in [0, 0.1) is 6.92 Å². The van der Waals surface area contributed by atoms with E-state index in [1.54, 1.807) is 0 Å². The lowest BCUT2D eigenvalue weighted by Gasteiger charge is -2.09. The first kappa shape index (κ1) is 16.9. The Bertz CT molecular complexity index is 812. The summed E-state index contributed by atoms with van der Waals surface area (Å²) in [6.45, 7) is 5.51. The van der Waals surface area contributed by atoms with Crippen molar-refractivity contribution in [2.24, 2.45) is 0 Å². The molecule has 0 radical (unpaired) electrons. The monoisotopic (exact) mass is 330 g/mol. The number of carbonyl (C=O) groups is 1. The molecule has 0 aliphatic heterocycles. The predicted molar refractivity (Wildman–Crippen MR) is 91.0 cm³/mol. The molecule has 0 unspecified atom stereocenters. The minimum absolute atomic E-state index is 0.104. The second-order valence-electron chi connectivity index (χ2n) is 4.93. The second-order valence-corrected chi connectivity index (χ2v) is 6.70. The maximum absolute atomic E-state index is 12.2. The quantitative estimate of drug-likeness (QED) is 0.800. The predicted octanol–water partition coefficient (Wildman–Crippen LogP) is 2.71. The molecule has 0 bridgehead atoms. The fraction of sp³-hybridized carbons (Fsp3) is 0.118. The molecule has 0 aliphatic carbocycles. The van der Waals surface area contributed by atoms with Crippen molar-refractivity contribution in [3.63, 3.8) is 0 Å². The highest BCUT2D eigenvalue weighted by molar-refractivity contribution is 7.89. The largest absolute Gasteiger partial charge is 0.322 e. The van der Waals surface area contributed by atoms with Gasteiger partial charge in [0.05, 0.1) is 4.90 Å². The number of sulfonamides is 1. The molecule has 0 atom stereocenters. The summed E-state index contributed by atoms with van der Waals surface area (Å²) in [5, 5.41) is 2.80. The van der Waals surface area contributed by atoms with Crippen LogP contribution in [0.15, 0.2) is 66.1 Å². The fourth-order valence-electron chi connectivity index (χ4n) is 1.95. The average molecular weight is 330 g/mol. The Morgan fingerprint density at radius 3 is 2.39 bits per heavy atom. The van der Waals surface area contributed by atoms with Gasteiger partial charge in [-0.15, -0.1) is 6.58 Å². The zero-order chi connectivity index (χ0) is 16.9. The molecule has 2 aromatic carbocycles. The molecule has 2 aromatic rings. The third kappa shape index (κ3) is 4.28. The van der Waals surface area contributed by atoms with E-state index in [1.807, 2.05) is 31.2 Å². The third-order valence-corrected chi connectivity index (χ3v) is 4.68. The van der Waals surface area contributed by atoms with Crippen LogP contribution in [-0.2, 0) is 10.0 Å². The molecule has 0 saturated carbocycles. The second kappa shape index (κ2) is 7.21. The van der Waals surface area contributed by atoms with E-state index >= 15 is 0 Å². The molecular weight excluding hydrogens is 312 g/mol. The molecule has 120 valence electrons. The molecule has 0 fully saturated rings. The van der Waals surface area contributed by atoms with Crippen molar-refractivity contribution >= 4 is 21.6 Å². The molecule has 0 aromatic heterocycles. The van der Waals surface area contributed by atoms with Gasteiger partial charge in [0, 0.05) is 17.8 Å². The van der Waals surface area contributed by atoms with Crippen LogP contribution >= 0.6 is 0 Å². The van der Waals surface area contributed by atoms with E-state index in [0.29, 0.717) is 5.56 Å². The van der Waals surface area contributed by atoms with Crippen LogP contribution in [0.5, 0.6) is 0 Å². The van der Waals surface area contributed by atoms with Gasteiger partial charge in [0.1, 0.15) is 0 Å². The highest BCUT2D eigenvalue weighted by Gasteiger charge is 2.14. The minimum atomic E-state index is -3.58. The smallest absolute Gasteiger partial charge is 0.255 e. The molecule has 1 amide bonds. The maximum Gasteiger partial charge on any atom is 0.255 e. The van der Waals surface area contributed by atoms with E-state index in [2.05, 4.69) is 16.6 Å². The van der Waals surface area contributed by atoms with Crippen LogP contribution in [0.2, 0.25) is 0 Å². The first-order valence-corrected chi connectivity index (χ1v) is 8.50. The number of hydrogen-bond acceptors (Lipinski definition) is 3. The molecule has 0 aliphatic rings. The summed E-state index contributed by atoms with van der Waals surface area (Å²) in [4.78, 5) is 12.3. The van der Waals surface area contributed by atoms with Crippen LogP contribution in [0.1, 0.15) is 15.9 Å². The standard InChI is InChI=1S/C17H18N2O3S/c1-3-12-18-23(21,22)15-10-8-14(9-11-15)17(20)19-16-7-5-4-6-13(16)2/h3-11,18H,1,12H2,2H3,(H,19,20). The number of anilines is 1. The number of hydrogen-bond donors (Lipinski definition) is 2. The molecule has 2 rings (SSSR count). The number of amides is 1. The molecule has 23 heavy (non-hydrogen) atoms. The van der Waals surface area contributed by atoms with Crippen LogP contribution < -0.4 is 10.0 Å². The zero-order valence-electron chi connectivity index (χ0n) is 12.7. The average Bonchev–Trinajstić information content (AvgIpc) is 2.55. The third-order valence-electron chi connectivity index (χ3n) is 3.24. The summed E-state index contributed by atoms with van der Waals surface area (Å²) in [6, 6.07) is 13.2. The van der Waals surface area contributed by atoms with Crippen molar-refractivity contribution < 1.29 is 13.2 Å². The van der Waals surface area contributed by atoms with Crippen molar-refractivity contribution in [1.29, 1.82) is 0 Å². The zero-order valence-corrected chi connectivity index (χ0v) is 13.6. The van der Waals surface area contributed by atoms with Gasteiger partial charge < -0.3 is 5.32 Å². The maximum atomic E-state index is 12.2. The molecular formula is C17H18N2O3S. The molecule has 0 heterocycles. The number of nitrogens with one attached hydrogen (secondary N) is 2. The number of rotatable bonds is 6. The van der Waals surface area contributed by atoms with Crippen LogP contribution in [-0.4, -0.2) is 20.9 Å². The van der Waals surface area contributed by atoms with Gasteiger partial charge in [-0.1, -0.05) is 24.3 Å². The molecule has 2 N–H and O–H groups in total. The Hall–Kier alpha value is -2.44. The Morgan fingerprint density at radius 1 is 1.13 bits per heavy atom. The highest BCUT2D eigenvalue weighted by atomic mass is 32.2.